The van der Waals surface area contributed by atoms with Gasteiger partial charge in [0.15, 0.2) is 5.16 Å². The van der Waals surface area contributed by atoms with Crippen LogP contribution in [0.5, 0.6) is 0 Å². The van der Waals surface area contributed by atoms with Gasteiger partial charge in [-0.1, -0.05) is 0 Å². The van der Waals surface area contributed by atoms with E-state index in [1.807, 2.05) is 31.7 Å². The van der Waals surface area contributed by atoms with Crippen molar-refractivity contribution in [1.82, 2.24) is 24.9 Å². The molecule has 0 aromatic carbocycles. The number of nitrogens with zero attached hydrogens (tertiary/aromatic N) is 6. The maximum absolute atomic E-state index is 5.43. The van der Waals surface area contributed by atoms with Crippen molar-refractivity contribution in [3.63, 3.8) is 0 Å². The number of hydrazine groups is 1. The molecule has 0 bridgehead atoms. The van der Waals surface area contributed by atoms with Crippen molar-refractivity contribution in [2.45, 2.75) is 31.1 Å². The fourth-order valence-corrected chi connectivity index (χ4v) is 2.39. The summed E-state index contributed by atoms with van der Waals surface area (Å²) in [6.45, 7) is 7.59. The first-order valence-electron chi connectivity index (χ1n) is 6.61. The van der Waals surface area contributed by atoms with E-state index in [9.17, 15) is 0 Å². The van der Waals surface area contributed by atoms with Gasteiger partial charge < -0.3 is 4.90 Å². The number of anilines is 2. The van der Waals surface area contributed by atoms with Gasteiger partial charge in [-0.3, -0.25) is 5.43 Å². The van der Waals surface area contributed by atoms with Crippen LogP contribution in [0.1, 0.15) is 19.5 Å². The largest absolute Gasteiger partial charge is 0.341 e. The Bertz CT molecular complexity index is 602. The summed E-state index contributed by atoms with van der Waals surface area (Å²) in [6.07, 6.45) is 1.71. The van der Waals surface area contributed by atoms with Crippen LogP contribution in [0.15, 0.2) is 22.6 Å². The van der Waals surface area contributed by atoms with Crippen molar-refractivity contribution in [1.29, 1.82) is 0 Å². The Hall–Kier alpha value is -2.00. The Morgan fingerprint density at radius 2 is 1.90 bits per heavy atom. The summed E-state index contributed by atoms with van der Waals surface area (Å²) in [4.78, 5) is 23.5. The number of aryl methyl sites for hydroxylation is 1. The van der Waals surface area contributed by atoms with Crippen molar-refractivity contribution < 1.29 is 0 Å². The van der Waals surface area contributed by atoms with E-state index >= 15 is 0 Å². The number of rotatable bonds is 6. The van der Waals surface area contributed by atoms with Crippen LogP contribution < -0.4 is 16.2 Å². The molecule has 9 heteroatoms. The minimum atomic E-state index is 0.321. The van der Waals surface area contributed by atoms with Crippen molar-refractivity contribution >= 4 is 23.7 Å². The highest BCUT2D eigenvalue weighted by Crippen LogP contribution is 2.23. The van der Waals surface area contributed by atoms with Gasteiger partial charge in [0.1, 0.15) is 0 Å². The van der Waals surface area contributed by atoms with Gasteiger partial charge in [0, 0.05) is 25.0 Å². The zero-order valence-corrected chi connectivity index (χ0v) is 13.1. The summed E-state index contributed by atoms with van der Waals surface area (Å²) in [7, 11) is 0. The number of nitrogen functional groups attached to an aromatic ring is 1. The van der Waals surface area contributed by atoms with E-state index in [4.69, 9.17) is 5.84 Å². The van der Waals surface area contributed by atoms with E-state index in [2.05, 4.69) is 30.3 Å². The van der Waals surface area contributed by atoms with Crippen LogP contribution in [-0.4, -0.2) is 38.0 Å². The highest BCUT2D eigenvalue weighted by Gasteiger charge is 2.12. The lowest BCUT2D eigenvalue weighted by Crippen LogP contribution is -2.25. The zero-order chi connectivity index (χ0) is 15.2. The van der Waals surface area contributed by atoms with Gasteiger partial charge in [0.05, 0.1) is 0 Å². The van der Waals surface area contributed by atoms with Crippen LogP contribution in [0.2, 0.25) is 0 Å². The third kappa shape index (κ3) is 3.99. The molecular weight excluding hydrogens is 288 g/mol. The molecule has 2 heterocycles. The van der Waals surface area contributed by atoms with Gasteiger partial charge in [0.25, 0.3) is 0 Å². The first kappa shape index (κ1) is 15.4. The molecule has 8 nitrogen and oxygen atoms in total. The molecule has 2 aromatic heterocycles. The quantitative estimate of drug-likeness (QED) is 0.463. The average molecular weight is 306 g/mol. The predicted molar refractivity (Wildman–Crippen MR) is 82.1 cm³/mol. The van der Waals surface area contributed by atoms with Crippen LogP contribution in [0.4, 0.5) is 11.9 Å². The molecule has 0 aliphatic rings. The molecule has 0 fully saturated rings. The molecule has 0 aliphatic carbocycles. The van der Waals surface area contributed by atoms with Crippen LogP contribution in [0, 0.1) is 6.92 Å². The summed E-state index contributed by atoms with van der Waals surface area (Å²) in [5.41, 5.74) is 3.36. The van der Waals surface area contributed by atoms with Crippen LogP contribution in [0.3, 0.4) is 0 Å². The van der Waals surface area contributed by atoms with Gasteiger partial charge in [-0.2, -0.15) is 15.0 Å². The number of hydrogen-bond donors (Lipinski definition) is 2. The lowest BCUT2D eigenvalue weighted by molar-refractivity contribution is 0.781. The van der Waals surface area contributed by atoms with E-state index in [-0.39, 0.29) is 0 Å². The predicted octanol–water partition coefficient (Wildman–Crippen LogP) is 1.25. The van der Waals surface area contributed by atoms with E-state index in [0.29, 0.717) is 22.2 Å². The lowest BCUT2D eigenvalue weighted by atomic mass is 10.5. The third-order valence-electron chi connectivity index (χ3n) is 2.73. The minimum Gasteiger partial charge on any atom is -0.341 e. The second-order valence-corrected chi connectivity index (χ2v) is 5.08. The van der Waals surface area contributed by atoms with Crippen LogP contribution >= 0.6 is 11.8 Å². The van der Waals surface area contributed by atoms with Crippen molar-refractivity contribution in [3.8, 4) is 0 Å². The molecule has 0 radical (unpaired) electrons. The third-order valence-corrected chi connectivity index (χ3v) is 3.48. The molecule has 0 amide bonds. The fourth-order valence-electron chi connectivity index (χ4n) is 1.66. The lowest BCUT2D eigenvalue weighted by Gasteiger charge is -2.19. The molecule has 2 aromatic rings. The molecule has 0 unspecified atom stereocenters. The molecule has 0 saturated carbocycles. The summed E-state index contributed by atoms with van der Waals surface area (Å²) in [5, 5.41) is 1.10. The highest BCUT2D eigenvalue weighted by atomic mass is 32.2. The molecule has 21 heavy (non-hydrogen) atoms. The number of nitrogens with two attached hydrogens (primary N) is 1. The van der Waals surface area contributed by atoms with Gasteiger partial charge in [-0.25, -0.2) is 15.8 Å². The summed E-state index contributed by atoms with van der Waals surface area (Å²) < 4.78 is 0. The first-order valence-corrected chi connectivity index (χ1v) is 7.43. The second kappa shape index (κ2) is 7.14. The van der Waals surface area contributed by atoms with Crippen LogP contribution in [0.25, 0.3) is 0 Å². The van der Waals surface area contributed by atoms with Gasteiger partial charge in [0.2, 0.25) is 17.1 Å². The van der Waals surface area contributed by atoms with Gasteiger partial charge >= 0.3 is 0 Å². The van der Waals surface area contributed by atoms with E-state index in [0.717, 1.165) is 18.8 Å². The smallest absolute Gasteiger partial charge is 0.242 e. The first-order chi connectivity index (χ1) is 10.2. The molecule has 3 N–H and O–H groups in total. The standard InChI is InChI=1S/C12H18N8S/c1-4-20(5-2)10-16-9(19-13)17-12(18-10)21-11-14-7-6-8(3)15-11/h6-7H,4-5,13H2,1-3H3,(H,16,17,18,19). The Kier molecular flexibility index (Phi) is 5.23. The van der Waals surface area contributed by atoms with Crippen molar-refractivity contribution in [2.75, 3.05) is 23.4 Å². The summed E-state index contributed by atoms with van der Waals surface area (Å²) in [5.74, 6) is 6.33. The van der Waals surface area contributed by atoms with Gasteiger partial charge in [-0.15, -0.1) is 0 Å². The maximum atomic E-state index is 5.43. The Balaban J connectivity index is 2.32. The SMILES string of the molecule is CCN(CC)c1nc(NN)nc(Sc2nccc(C)n2)n1. The molecule has 0 spiro atoms. The zero-order valence-electron chi connectivity index (χ0n) is 12.2. The van der Waals surface area contributed by atoms with Crippen LogP contribution in [-0.2, 0) is 0 Å². The molecule has 0 aliphatic heterocycles. The molecule has 112 valence electrons. The summed E-state index contributed by atoms with van der Waals surface area (Å²) >= 11 is 1.28. The number of nitrogens with one attached hydrogen (secondary N) is 1. The van der Waals surface area contributed by atoms with E-state index in [1.165, 1.54) is 11.8 Å². The Labute approximate surface area is 127 Å². The monoisotopic (exact) mass is 306 g/mol. The minimum absolute atomic E-state index is 0.321. The number of hydrogen-bond acceptors (Lipinski definition) is 9. The topological polar surface area (TPSA) is 106 Å². The Morgan fingerprint density at radius 1 is 1.14 bits per heavy atom. The number of aromatic nitrogens is 5. The molecule has 0 saturated heterocycles. The average Bonchev–Trinajstić information content (AvgIpc) is 2.48. The van der Waals surface area contributed by atoms with Crippen molar-refractivity contribution in [2.24, 2.45) is 5.84 Å². The van der Waals surface area contributed by atoms with E-state index < -0.39 is 0 Å². The molecule has 0 atom stereocenters. The molecule has 2 rings (SSSR count). The second-order valence-electron chi connectivity index (χ2n) is 4.14. The normalized spacial score (nSPS) is 10.5. The fraction of sp³-hybridized carbons (Fsp3) is 0.417. The maximum Gasteiger partial charge on any atom is 0.242 e. The Morgan fingerprint density at radius 3 is 2.52 bits per heavy atom. The summed E-state index contributed by atoms with van der Waals surface area (Å²) in [6, 6.07) is 1.84. The van der Waals surface area contributed by atoms with Gasteiger partial charge in [-0.05, 0) is 38.6 Å². The molecular formula is C12H18N8S. The van der Waals surface area contributed by atoms with Crippen molar-refractivity contribution in [3.05, 3.63) is 18.0 Å². The van der Waals surface area contributed by atoms with E-state index in [1.54, 1.807) is 6.20 Å². The highest BCUT2D eigenvalue weighted by molar-refractivity contribution is 7.99.